The lowest BCUT2D eigenvalue weighted by Crippen LogP contribution is -2.42. The molecule has 2 saturated heterocycles. The van der Waals surface area contributed by atoms with Gasteiger partial charge in [-0.25, -0.2) is 4.79 Å². The summed E-state index contributed by atoms with van der Waals surface area (Å²) in [6.45, 7) is 0.939. The lowest BCUT2D eigenvalue weighted by atomic mass is 10.00. The maximum Gasteiger partial charge on any atom is 0.325 e. The third kappa shape index (κ3) is 2.07. The largest absolute Gasteiger partial charge is 0.393 e. The topological polar surface area (TPSA) is 90.0 Å². The Kier molecular flexibility index (Phi) is 2.93. The summed E-state index contributed by atoms with van der Waals surface area (Å²) in [5.41, 5.74) is 0. The fourth-order valence-corrected chi connectivity index (χ4v) is 3.29. The van der Waals surface area contributed by atoms with Crippen molar-refractivity contribution in [3.63, 3.8) is 0 Å². The van der Waals surface area contributed by atoms with E-state index in [0.29, 0.717) is 19.0 Å². The number of carbonyl (C=O) groups excluding carboxylic acids is 3. The first-order valence-corrected chi connectivity index (χ1v) is 6.60. The fraction of sp³-hybridized carbons (Fsp3) is 0.750. The number of fused-ring (bicyclic) bond motifs is 1. The number of hydrogen-bond donors (Lipinski definition) is 2. The number of urea groups is 1. The highest BCUT2D eigenvalue weighted by Crippen LogP contribution is 2.38. The van der Waals surface area contributed by atoms with Gasteiger partial charge in [0, 0.05) is 19.0 Å². The molecule has 0 aromatic rings. The lowest BCUT2D eigenvalue weighted by molar-refractivity contribution is -0.136. The van der Waals surface area contributed by atoms with E-state index in [-0.39, 0.29) is 36.9 Å². The molecule has 1 saturated carbocycles. The van der Waals surface area contributed by atoms with Crippen LogP contribution in [0.4, 0.5) is 4.79 Å². The Labute approximate surface area is 110 Å². The summed E-state index contributed by atoms with van der Waals surface area (Å²) in [6, 6.07) is -0.502. The van der Waals surface area contributed by atoms with Crippen molar-refractivity contribution in [3.05, 3.63) is 0 Å². The summed E-state index contributed by atoms with van der Waals surface area (Å²) in [7, 11) is 0. The number of imide groups is 1. The van der Waals surface area contributed by atoms with Gasteiger partial charge in [-0.15, -0.1) is 0 Å². The second kappa shape index (κ2) is 4.48. The Morgan fingerprint density at radius 3 is 2.74 bits per heavy atom. The van der Waals surface area contributed by atoms with E-state index >= 15 is 0 Å². The van der Waals surface area contributed by atoms with Crippen LogP contribution in [0.5, 0.6) is 0 Å². The quantitative estimate of drug-likeness (QED) is 0.613. The summed E-state index contributed by atoms with van der Waals surface area (Å²) >= 11 is 0. The van der Waals surface area contributed by atoms with Gasteiger partial charge in [-0.3, -0.25) is 14.5 Å². The van der Waals surface area contributed by atoms with Crippen molar-refractivity contribution in [1.29, 1.82) is 0 Å². The second-order valence-corrected chi connectivity index (χ2v) is 5.51. The van der Waals surface area contributed by atoms with Gasteiger partial charge in [0.25, 0.3) is 5.91 Å². The minimum absolute atomic E-state index is 0.0317. The molecule has 7 heteroatoms. The van der Waals surface area contributed by atoms with Gasteiger partial charge >= 0.3 is 6.03 Å². The number of rotatable bonds is 2. The molecule has 2 aliphatic heterocycles. The zero-order chi connectivity index (χ0) is 13.6. The van der Waals surface area contributed by atoms with E-state index in [1.54, 1.807) is 4.90 Å². The summed E-state index contributed by atoms with van der Waals surface area (Å²) in [4.78, 5) is 37.5. The van der Waals surface area contributed by atoms with Crippen molar-refractivity contribution in [2.45, 2.75) is 18.9 Å². The van der Waals surface area contributed by atoms with Crippen LogP contribution in [0.25, 0.3) is 0 Å². The molecule has 4 amide bonds. The van der Waals surface area contributed by atoms with Crippen LogP contribution >= 0.6 is 0 Å². The average molecular weight is 267 g/mol. The number of hydrogen-bond acceptors (Lipinski definition) is 4. The molecular weight excluding hydrogens is 250 g/mol. The molecule has 0 spiro atoms. The summed E-state index contributed by atoms with van der Waals surface area (Å²) in [5.74, 6) is -0.0566. The van der Waals surface area contributed by atoms with E-state index in [1.807, 2.05) is 0 Å². The molecule has 0 aromatic carbocycles. The normalized spacial score (nSPS) is 33.8. The van der Waals surface area contributed by atoms with Crippen molar-refractivity contribution >= 4 is 17.8 Å². The Hall–Kier alpha value is -1.63. The highest BCUT2D eigenvalue weighted by atomic mass is 16.3. The van der Waals surface area contributed by atoms with Crippen LogP contribution in [0.1, 0.15) is 12.8 Å². The molecule has 19 heavy (non-hydrogen) atoms. The predicted octanol–water partition coefficient (Wildman–Crippen LogP) is -1.23. The lowest BCUT2D eigenvalue weighted by Gasteiger charge is -2.21. The van der Waals surface area contributed by atoms with Gasteiger partial charge in [0.15, 0.2) is 0 Å². The standard InChI is InChI=1S/C12H17N3O4/c16-9-2-1-7-4-14(5-8(7)9)11(18)6-15-10(17)3-13-12(15)19/h7-9,16H,1-6H2,(H,13,19). The number of nitrogens with one attached hydrogen (secondary N) is 1. The Morgan fingerprint density at radius 1 is 1.32 bits per heavy atom. The first-order valence-electron chi connectivity index (χ1n) is 6.60. The molecular formula is C12H17N3O4. The minimum Gasteiger partial charge on any atom is -0.393 e. The van der Waals surface area contributed by atoms with Crippen LogP contribution in [0.3, 0.4) is 0 Å². The van der Waals surface area contributed by atoms with Gasteiger partial charge in [0.2, 0.25) is 5.91 Å². The molecule has 104 valence electrons. The van der Waals surface area contributed by atoms with Gasteiger partial charge in [-0.2, -0.15) is 0 Å². The SMILES string of the molecule is O=C(CN1C(=O)CNC1=O)N1CC2CCC(O)C2C1. The number of likely N-dealkylation sites (tertiary alicyclic amines) is 1. The molecule has 2 N–H and O–H groups in total. The van der Waals surface area contributed by atoms with E-state index in [4.69, 9.17) is 0 Å². The third-order valence-corrected chi connectivity index (χ3v) is 4.40. The minimum atomic E-state index is -0.502. The molecule has 3 rings (SSSR count). The molecule has 1 aliphatic carbocycles. The predicted molar refractivity (Wildman–Crippen MR) is 63.9 cm³/mol. The van der Waals surface area contributed by atoms with Gasteiger partial charge in [-0.1, -0.05) is 0 Å². The van der Waals surface area contributed by atoms with E-state index in [2.05, 4.69) is 5.32 Å². The first kappa shape index (κ1) is 12.4. The number of amides is 4. The van der Waals surface area contributed by atoms with Crippen molar-refractivity contribution in [2.75, 3.05) is 26.2 Å². The molecule has 3 aliphatic rings. The van der Waals surface area contributed by atoms with Crippen LogP contribution in [0.15, 0.2) is 0 Å². The monoisotopic (exact) mass is 267 g/mol. The molecule has 2 heterocycles. The van der Waals surface area contributed by atoms with Crippen LogP contribution < -0.4 is 5.32 Å². The highest BCUT2D eigenvalue weighted by Gasteiger charge is 2.44. The molecule has 0 aromatic heterocycles. The number of aliphatic hydroxyl groups is 1. The van der Waals surface area contributed by atoms with Gasteiger partial charge in [0.05, 0.1) is 12.6 Å². The Morgan fingerprint density at radius 2 is 2.11 bits per heavy atom. The van der Waals surface area contributed by atoms with Crippen molar-refractivity contribution < 1.29 is 19.5 Å². The smallest absolute Gasteiger partial charge is 0.325 e. The highest BCUT2D eigenvalue weighted by molar-refractivity contribution is 6.04. The summed E-state index contributed by atoms with van der Waals surface area (Å²) < 4.78 is 0. The van der Waals surface area contributed by atoms with E-state index < -0.39 is 6.03 Å². The maximum atomic E-state index is 12.1. The zero-order valence-corrected chi connectivity index (χ0v) is 10.5. The van der Waals surface area contributed by atoms with Crippen LogP contribution in [0, 0.1) is 11.8 Å². The fourth-order valence-electron chi connectivity index (χ4n) is 3.29. The van der Waals surface area contributed by atoms with E-state index in [0.717, 1.165) is 17.7 Å². The molecule has 3 unspecified atom stereocenters. The third-order valence-electron chi connectivity index (χ3n) is 4.40. The summed E-state index contributed by atoms with van der Waals surface area (Å²) in [5, 5.41) is 12.2. The molecule has 3 atom stereocenters. The zero-order valence-electron chi connectivity index (χ0n) is 10.5. The first-order chi connectivity index (χ1) is 9.06. The van der Waals surface area contributed by atoms with E-state index in [9.17, 15) is 19.5 Å². The number of nitrogens with zero attached hydrogens (tertiary/aromatic N) is 2. The number of aliphatic hydroxyl groups excluding tert-OH is 1. The number of carbonyl (C=O) groups is 3. The maximum absolute atomic E-state index is 12.1. The van der Waals surface area contributed by atoms with Crippen molar-refractivity contribution in [1.82, 2.24) is 15.1 Å². The molecule has 3 fully saturated rings. The molecule has 0 bridgehead atoms. The van der Waals surface area contributed by atoms with Crippen LogP contribution in [-0.2, 0) is 9.59 Å². The molecule has 0 radical (unpaired) electrons. The van der Waals surface area contributed by atoms with Gasteiger partial charge in [-0.05, 0) is 18.8 Å². The second-order valence-electron chi connectivity index (χ2n) is 5.51. The van der Waals surface area contributed by atoms with Crippen molar-refractivity contribution in [2.24, 2.45) is 11.8 Å². The van der Waals surface area contributed by atoms with E-state index in [1.165, 1.54) is 0 Å². The van der Waals surface area contributed by atoms with Gasteiger partial charge in [0.1, 0.15) is 6.54 Å². The molecule has 7 nitrogen and oxygen atoms in total. The van der Waals surface area contributed by atoms with Crippen molar-refractivity contribution in [3.8, 4) is 0 Å². The average Bonchev–Trinajstić information content (AvgIpc) is 3.02. The summed E-state index contributed by atoms with van der Waals surface area (Å²) in [6.07, 6.45) is 1.43. The van der Waals surface area contributed by atoms with Crippen LogP contribution in [-0.4, -0.2) is 65.0 Å². The Balaban J connectivity index is 1.60. The Bertz CT molecular complexity index is 423. The van der Waals surface area contributed by atoms with Crippen LogP contribution in [0.2, 0.25) is 0 Å². The van der Waals surface area contributed by atoms with Gasteiger partial charge < -0.3 is 15.3 Å².